The van der Waals surface area contributed by atoms with Gasteiger partial charge < -0.3 is 15.8 Å². The van der Waals surface area contributed by atoms with Crippen LogP contribution in [0.1, 0.15) is 0 Å². The molecule has 0 saturated heterocycles. The molecule has 0 atom stereocenters. The Kier molecular flexibility index (Phi) is 3.32. The van der Waals surface area contributed by atoms with Crippen molar-refractivity contribution >= 4 is 11.9 Å². The molecule has 0 radical (unpaired) electrons. The highest BCUT2D eigenvalue weighted by Crippen LogP contribution is 2.08. The lowest BCUT2D eigenvalue weighted by Gasteiger charge is -2.05. The van der Waals surface area contributed by atoms with Gasteiger partial charge in [-0.3, -0.25) is 0 Å². The Morgan fingerprint density at radius 3 is 2.71 bits per heavy atom. The lowest BCUT2D eigenvalue weighted by Crippen LogP contribution is -2.14. The van der Waals surface area contributed by atoms with Gasteiger partial charge in [0.2, 0.25) is 11.9 Å². The minimum absolute atomic E-state index is 0.0192. The van der Waals surface area contributed by atoms with E-state index in [0.717, 1.165) is 0 Å². The van der Waals surface area contributed by atoms with E-state index in [0.29, 0.717) is 0 Å². The van der Waals surface area contributed by atoms with Gasteiger partial charge in [-0.1, -0.05) is 0 Å². The number of hydrogen-bond donors (Lipinski definition) is 2. The zero-order valence-electron chi connectivity index (χ0n) is 7.37. The highest BCUT2D eigenvalue weighted by Gasteiger charge is 2.06. The fraction of sp³-hybridized carbons (Fsp3) is 0.500. The number of nitrogens with zero attached hydrogens (tertiary/aromatic N) is 3. The maximum atomic E-state index is 11.8. The SMILES string of the molecule is COc1nc(N)nc(NCC(F)F)n1. The standard InChI is InChI=1S/C6H9F2N5O/c1-14-6-12-4(9)11-5(13-6)10-2-3(7)8/h3H,2H2,1H3,(H3,9,10,11,12,13). The molecule has 0 amide bonds. The van der Waals surface area contributed by atoms with Crippen molar-refractivity contribution in [2.75, 3.05) is 24.7 Å². The Morgan fingerprint density at radius 2 is 2.14 bits per heavy atom. The molecule has 14 heavy (non-hydrogen) atoms. The smallest absolute Gasteiger partial charge is 0.322 e. The molecular formula is C6H9F2N5O. The number of alkyl halides is 2. The summed E-state index contributed by atoms with van der Waals surface area (Å²) in [5.74, 6) is -0.122. The van der Waals surface area contributed by atoms with Crippen LogP contribution in [0.2, 0.25) is 0 Å². The zero-order valence-corrected chi connectivity index (χ0v) is 7.37. The number of anilines is 2. The van der Waals surface area contributed by atoms with E-state index in [1.54, 1.807) is 0 Å². The number of nitrogen functional groups attached to an aromatic ring is 1. The summed E-state index contributed by atoms with van der Waals surface area (Å²) in [5.41, 5.74) is 5.27. The van der Waals surface area contributed by atoms with Crippen LogP contribution in [0.15, 0.2) is 0 Å². The minimum Gasteiger partial charge on any atom is -0.467 e. The summed E-state index contributed by atoms with van der Waals surface area (Å²) in [6, 6.07) is -0.0192. The van der Waals surface area contributed by atoms with Gasteiger partial charge in [0.25, 0.3) is 6.43 Å². The van der Waals surface area contributed by atoms with Crippen LogP contribution in [-0.2, 0) is 0 Å². The number of nitrogens with one attached hydrogen (secondary N) is 1. The van der Waals surface area contributed by atoms with Crippen molar-refractivity contribution in [3.63, 3.8) is 0 Å². The lowest BCUT2D eigenvalue weighted by atomic mass is 10.6. The largest absolute Gasteiger partial charge is 0.467 e. The van der Waals surface area contributed by atoms with E-state index in [2.05, 4.69) is 25.0 Å². The van der Waals surface area contributed by atoms with E-state index in [1.165, 1.54) is 7.11 Å². The Labute approximate surface area is 78.5 Å². The maximum Gasteiger partial charge on any atom is 0.322 e. The van der Waals surface area contributed by atoms with Crippen molar-refractivity contribution in [2.45, 2.75) is 6.43 Å². The van der Waals surface area contributed by atoms with Crippen molar-refractivity contribution in [1.29, 1.82) is 0 Å². The van der Waals surface area contributed by atoms with Crippen LogP contribution in [-0.4, -0.2) is 35.0 Å². The second-order valence-electron chi connectivity index (χ2n) is 2.28. The maximum absolute atomic E-state index is 11.8. The number of aromatic nitrogens is 3. The number of nitrogens with two attached hydrogens (primary N) is 1. The summed E-state index contributed by atoms with van der Waals surface area (Å²) in [4.78, 5) is 10.8. The van der Waals surface area contributed by atoms with E-state index < -0.39 is 13.0 Å². The zero-order chi connectivity index (χ0) is 10.6. The van der Waals surface area contributed by atoms with Gasteiger partial charge in [0, 0.05) is 0 Å². The molecular weight excluding hydrogens is 196 g/mol. The van der Waals surface area contributed by atoms with Gasteiger partial charge in [-0.2, -0.15) is 15.0 Å². The predicted molar refractivity (Wildman–Crippen MR) is 45.3 cm³/mol. The topological polar surface area (TPSA) is 86.0 Å². The molecule has 0 aliphatic heterocycles. The lowest BCUT2D eigenvalue weighted by molar-refractivity contribution is 0.163. The highest BCUT2D eigenvalue weighted by atomic mass is 19.3. The van der Waals surface area contributed by atoms with Crippen LogP contribution in [0.3, 0.4) is 0 Å². The highest BCUT2D eigenvalue weighted by molar-refractivity contribution is 5.32. The van der Waals surface area contributed by atoms with Crippen LogP contribution < -0.4 is 15.8 Å². The summed E-state index contributed by atoms with van der Waals surface area (Å²) in [6.45, 7) is -0.549. The van der Waals surface area contributed by atoms with Gasteiger partial charge in [-0.05, 0) is 0 Å². The van der Waals surface area contributed by atoms with E-state index in [4.69, 9.17) is 5.73 Å². The van der Waals surface area contributed by atoms with Crippen LogP contribution in [0.5, 0.6) is 6.01 Å². The van der Waals surface area contributed by atoms with Crippen molar-refractivity contribution in [3.05, 3.63) is 0 Å². The van der Waals surface area contributed by atoms with Crippen LogP contribution >= 0.6 is 0 Å². The van der Waals surface area contributed by atoms with Gasteiger partial charge in [-0.25, -0.2) is 8.78 Å². The van der Waals surface area contributed by atoms with Crippen molar-refractivity contribution in [3.8, 4) is 6.01 Å². The fourth-order valence-corrected chi connectivity index (χ4v) is 0.711. The van der Waals surface area contributed by atoms with E-state index in [-0.39, 0.29) is 17.9 Å². The summed E-state index contributed by atoms with van der Waals surface area (Å²) in [6.07, 6.45) is -2.49. The minimum atomic E-state index is -2.49. The Hall–Kier alpha value is -1.73. The molecule has 3 N–H and O–H groups in total. The number of methoxy groups -OCH3 is 1. The molecule has 1 aromatic heterocycles. The van der Waals surface area contributed by atoms with Gasteiger partial charge in [-0.15, -0.1) is 0 Å². The van der Waals surface area contributed by atoms with Gasteiger partial charge in [0.05, 0.1) is 13.7 Å². The summed E-state index contributed by atoms with van der Waals surface area (Å²) in [5, 5.41) is 2.29. The number of hydrogen-bond acceptors (Lipinski definition) is 6. The third kappa shape index (κ3) is 2.96. The van der Waals surface area contributed by atoms with E-state index in [1.807, 2.05) is 0 Å². The number of ether oxygens (including phenoxy) is 1. The second kappa shape index (κ2) is 4.49. The van der Waals surface area contributed by atoms with Crippen LogP contribution in [0.4, 0.5) is 20.7 Å². The Morgan fingerprint density at radius 1 is 1.43 bits per heavy atom. The third-order valence-corrected chi connectivity index (χ3v) is 1.23. The molecule has 8 heteroatoms. The first-order valence-corrected chi connectivity index (χ1v) is 3.69. The summed E-state index contributed by atoms with van der Waals surface area (Å²) < 4.78 is 28.3. The Balaban J connectivity index is 2.71. The van der Waals surface area contributed by atoms with Crippen LogP contribution in [0, 0.1) is 0 Å². The first kappa shape index (κ1) is 10.4. The van der Waals surface area contributed by atoms with Gasteiger partial charge >= 0.3 is 6.01 Å². The second-order valence-corrected chi connectivity index (χ2v) is 2.28. The van der Waals surface area contributed by atoms with Gasteiger partial charge in [0.1, 0.15) is 0 Å². The molecule has 0 fully saturated rings. The normalized spacial score (nSPS) is 10.3. The van der Waals surface area contributed by atoms with Crippen molar-refractivity contribution in [1.82, 2.24) is 15.0 Å². The molecule has 0 saturated carbocycles. The molecule has 6 nitrogen and oxygen atoms in total. The molecule has 1 aromatic rings. The van der Waals surface area contributed by atoms with E-state index >= 15 is 0 Å². The first-order valence-electron chi connectivity index (χ1n) is 3.69. The molecule has 78 valence electrons. The quantitative estimate of drug-likeness (QED) is 0.727. The summed E-state index contributed by atoms with van der Waals surface area (Å²) >= 11 is 0. The van der Waals surface area contributed by atoms with Crippen molar-refractivity contribution < 1.29 is 13.5 Å². The number of rotatable bonds is 4. The first-order chi connectivity index (χ1) is 6.61. The van der Waals surface area contributed by atoms with Crippen LogP contribution in [0.25, 0.3) is 0 Å². The predicted octanol–water partition coefficient (Wildman–Crippen LogP) is 0.139. The Bertz CT molecular complexity index is 308. The monoisotopic (exact) mass is 205 g/mol. The van der Waals surface area contributed by atoms with Crippen molar-refractivity contribution in [2.24, 2.45) is 0 Å². The summed E-state index contributed by atoms with van der Waals surface area (Å²) in [7, 11) is 1.34. The van der Waals surface area contributed by atoms with Gasteiger partial charge in [0.15, 0.2) is 0 Å². The number of halogens is 2. The molecule has 0 aliphatic carbocycles. The average molecular weight is 205 g/mol. The molecule has 0 spiro atoms. The molecule has 0 aromatic carbocycles. The molecule has 1 rings (SSSR count). The molecule has 0 unspecified atom stereocenters. The third-order valence-electron chi connectivity index (χ3n) is 1.23. The molecule has 0 bridgehead atoms. The van der Waals surface area contributed by atoms with E-state index in [9.17, 15) is 8.78 Å². The average Bonchev–Trinajstić information content (AvgIpc) is 2.14. The fourth-order valence-electron chi connectivity index (χ4n) is 0.711. The molecule has 1 heterocycles. The molecule has 0 aliphatic rings.